The highest BCUT2D eigenvalue weighted by atomic mass is 79.9. The molecule has 0 radical (unpaired) electrons. The smallest absolute Gasteiger partial charge is 0.246 e. The largest absolute Gasteiger partial charge is 0.360 e. The molecule has 0 aliphatic carbocycles. The summed E-state index contributed by atoms with van der Waals surface area (Å²) < 4.78 is 32.7. The van der Waals surface area contributed by atoms with Crippen LogP contribution in [0.2, 0.25) is 0 Å². The average molecular weight is 402 g/mol. The topological polar surface area (TPSA) is 101 Å². The third kappa shape index (κ3) is 4.18. The van der Waals surface area contributed by atoms with Gasteiger partial charge in [0.05, 0.1) is 6.04 Å². The maximum atomic E-state index is 12.4. The lowest BCUT2D eigenvalue weighted by atomic mass is 10.3. The molecule has 0 aliphatic heterocycles. The van der Waals surface area contributed by atoms with Crippen LogP contribution in [0.5, 0.6) is 0 Å². The zero-order chi connectivity index (χ0) is 17.2. The molecule has 1 aromatic carbocycles. The molecule has 23 heavy (non-hydrogen) atoms. The summed E-state index contributed by atoms with van der Waals surface area (Å²) in [7, 11) is -3.90. The number of rotatable bonds is 5. The maximum absolute atomic E-state index is 12.4. The Morgan fingerprint density at radius 3 is 2.61 bits per heavy atom. The first-order chi connectivity index (χ1) is 10.7. The van der Waals surface area contributed by atoms with E-state index in [1.54, 1.807) is 18.2 Å². The predicted molar refractivity (Wildman–Crippen MR) is 88.5 cm³/mol. The molecule has 2 rings (SSSR count). The Labute approximate surface area is 142 Å². The number of nitrogens with zero attached hydrogens (tertiary/aromatic N) is 1. The molecule has 0 aliphatic rings. The van der Waals surface area contributed by atoms with Gasteiger partial charge in [0.2, 0.25) is 15.9 Å². The van der Waals surface area contributed by atoms with Gasteiger partial charge in [-0.15, -0.1) is 0 Å². The number of aromatic nitrogens is 1. The highest BCUT2D eigenvalue weighted by Gasteiger charge is 2.28. The quantitative estimate of drug-likeness (QED) is 0.800. The van der Waals surface area contributed by atoms with E-state index in [-0.39, 0.29) is 16.3 Å². The second-order valence-electron chi connectivity index (χ2n) is 5.00. The van der Waals surface area contributed by atoms with Gasteiger partial charge in [0.1, 0.15) is 10.6 Å². The van der Waals surface area contributed by atoms with Crippen molar-refractivity contribution in [2.24, 2.45) is 0 Å². The van der Waals surface area contributed by atoms with Crippen LogP contribution in [0.4, 0.5) is 5.69 Å². The second-order valence-corrected chi connectivity index (χ2v) is 7.56. The van der Waals surface area contributed by atoms with Gasteiger partial charge in [-0.2, -0.15) is 4.72 Å². The minimum atomic E-state index is -3.90. The van der Waals surface area contributed by atoms with Crippen LogP contribution in [0, 0.1) is 13.8 Å². The number of hydrogen-bond acceptors (Lipinski definition) is 5. The number of carbonyl (C=O) groups is 1. The molecule has 2 aromatic rings. The van der Waals surface area contributed by atoms with Crippen molar-refractivity contribution >= 4 is 37.5 Å². The first-order valence-corrected chi connectivity index (χ1v) is 9.00. The van der Waals surface area contributed by atoms with E-state index in [1.165, 1.54) is 20.8 Å². The van der Waals surface area contributed by atoms with Crippen LogP contribution >= 0.6 is 15.9 Å². The van der Waals surface area contributed by atoms with Crippen LogP contribution in [-0.2, 0) is 14.8 Å². The zero-order valence-electron chi connectivity index (χ0n) is 12.8. The Morgan fingerprint density at radius 2 is 2.04 bits per heavy atom. The van der Waals surface area contributed by atoms with Gasteiger partial charge in [0.15, 0.2) is 5.76 Å². The van der Waals surface area contributed by atoms with Crippen LogP contribution in [0.3, 0.4) is 0 Å². The molecule has 0 bridgehead atoms. The Bertz CT molecular complexity index is 813. The van der Waals surface area contributed by atoms with Gasteiger partial charge in [-0.3, -0.25) is 4.79 Å². The van der Waals surface area contributed by atoms with Gasteiger partial charge in [-0.25, -0.2) is 8.42 Å². The van der Waals surface area contributed by atoms with Gasteiger partial charge in [0, 0.05) is 10.2 Å². The van der Waals surface area contributed by atoms with Crippen molar-refractivity contribution in [2.45, 2.75) is 31.7 Å². The molecule has 0 saturated carbocycles. The number of benzene rings is 1. The molecule has 1 aromatic heterocycles. The lowest BCUT2D eigenvalue weighted by Crippen LogP contribution is -2.41. The van der Waals surface area contributed by atoms with E-state index < -0.39 is 22.0 Å². The van der Waals surface area contributed by atoms with E-state index in [2.05, 4.69) is 31.1 Å². The van der Waals surface area contributed by atoms with Crippen LogP contribution in [0.1, 0.15) is 18.4 Å². The molecule has 9 heteroatoms. The number of nitrogens with one attached hydrogen (secondary N) is 2. The molecule has 0 unspecified atom stereocenters. The SMILES string of the molecule is Cc1noc(C)c1S(=O)(=O)N[C@@H](C)C(=O)Nc1cccc(Br)c1. The average Bonchev–Trinajstić information content (AvgIpc) is 2.78. The molecule has 1 heterocycles. The van der Waals surface area contributed by atoms with Gasteiger partial charge in [-0.1, -0.05) is 27.2 Å². The van der Waals surface area contributed by atoms with Crippen molar-refractivity contribution in [1.29, 1.82) is 0 Å². The predicted octanol–water partition coefficient (Wildman–Crippen LogP) is 2.36. The van der Waals surface area contributed by atoms with E-state index in [9.17, 15) is 13.2 Å². The van der Waals surface area contributed by atoms with Crippen molar-refractivity contribution in [3.63, 3.8) is 0 Å². The maximum Gasteiger partial charge on any atom is 0.246 e. The molecule has 1 atom stereocenters. The van der Waals surface area contributed by atoms with Crippen LogP contribution in [-0.4, -0.2) is 25.5 Å². The lowest BCUT2D eigenvalue weighted by Gasteiger charge is -2.14. The number of halogens is 1. The van der Waals surface area contributed by atoms with Gasteiger partial charge in [-0.05, 0) is 39.0 Å². The first kappa shape index (κ1) is 17.6. The Kier molecular flexibility index (Phi) is 5.23. The van der Waals surface area contributed by atoms with E-state index in [4.69, 9.17) is 4.52 Å². The first-order valence-electron chi connectivity index (χ1n) is 6.72. The van der Waals surface area contributed by atoms with Gasteiger partial charge >= 0.3 is 0 Å². The monoisotopic (exact) mass is 401 g/mol. The summed E-state index contributed by atoms with van der Waals surface area (Å²) in [4.78, 5) is 12.1. The lowest BCUT2D eigenvalue weighted by molar-refractivity contribution is -0.117. The number of hydrogen-bond donors (Lipinski definition) is 2. The van der Waals surface area contributed by atoms with E-state index >= 15 is 0 Å². The minimum absolute atomic E-state index is 0.0420. The Hall–Kier alpha value is -1.71. The van der Waals surface area contributed by atoms with Crippen molar-refractivity contribution in [3.05, 3.63) is 40.2 Å². The van der Waals surface area contributed by atoms with Gasteiger partial charge < -0.3 is 9.84 Å². The third-order valence-corrected chi connectivity index (χ3v) is 5.33. The Balaban J connectivity index is 2.12. The minimum Gasteiger partial charge on any atom is -0.360 e. The molecule has 7 nitrogen and oxygen atoms in total. The molecule has 0 saturated heterocycles. The van der Waals surface area contributed by atoms with Crippen molar-refractivity contribution in [1.82, 2.24) is 9.88 Å². The van der Waals surface area contributed by atoms with Crippen LogP contribution in [0.15, 0.2) is 38.2 Å². The van der Waals surface area contributed by atoms with E-state index in [0.29, 0.717) is 5.69 Å². The van der Waals surface area contributed by atoms with Crippen LogP contribution in [0.25, 0.3) is 0 Å². The Morgan fingerprint density at radius 1 is 1.35 bits per heavy atom. The molecule has 0 fully saturated rings. The number of carbonyl (C=O) groups excluding carboxylic acids is 1. The molecule has 124 valence electrons. The fourth-order valence-electron chi connectivity index (χ4n) is 2.02. The fourth-order valence-corrected chi connectivity index (χ4v) is 3.95. The fraction of sp³-hybridized carbons (Fsp3) is 0.286. The molecule has 0 spiro atoms. The summed E-state index contributed by atoms with van der Waals surface area (Å²) >= 11 is 3.30. The molecular weight excluding hydrogens is 386 g/mol. The van der Waals surface area contributed by atoms with Gasteiger partial charge in [0.25, 0.3) is 0 Å². The molecular formula is C14H16BrN3O4S. The number of amides is 1. The summed E-state index contributed by atoms with van der Waals surface area (Å²) in [6, 6.07) is 6.04. The second kappa shape index (κ2) is 6.81. The van der Waals surface area contributed by atoms with E-state index in [0.717, 1.165) is 4.47 Å². The van der Waals surface area contributed by atoms with Crippen molar-refractivity contribution < 1.29 is 17.7 Å². The van der Waals surface area contributed by atoms with Crippen molar-refractivity contribution in [3.8, 4) is 0 Å². The highest BCUT2D eigenvalue weighted by Crippen LogP contribution is 2.19. The summed E-state index contributed by atoms with van der Waals surface area (Å²) in [6.45, 7) is 4.49. The zero-order valence-corrected chi connectivity index (χ0v) is 15.2. The summed E-state index contributed by atoms with van der Waals surface area (Å²) in [5, 5.41) is 6.26. The normalized spacial score (nSPS) is 12.9. The number of sulfonamides is 1. The summed E-state index contributed by atoms with van der Waals surface area (Å²) in [5.74, 6) is -0.298. The van der Waals surface area contributed by atoms with Crippen LogP contribution < -0.4 is 10.0 Å². The standard InChI is InChI=1S/C14H16BrN3O4S/c1-8-13(10(3)22-17-8)23(20,21)18-9(2)14(19)16-12-6-4-5-11(15)7-12/h4-7,9,18H,1-3H3,(H,16,19)/t9-/m0/s1. The molecule has 1 amide bonds. The number of anilines is 1. The number of aryl methyl sites for hydroxylation is 2. The summed E-state index contributed by atoms with van der Waals surface area (Å²) in [6.07, 6.45) is 0. The van der Waals surface area contributed by atoms with E-state index in [1.807, 2.05) is 6.07 Å². The highest BCUT2D eigenvalue weighted by molar-refractivity contribution is 9.10. The van der Waals surface area contributed by atoms with Crippen molar-refractivity contribution in [2.75, 3.05) is 5.32 Å². The molecule has 2 N–H and O–H groups in total. The summed E-state index contributed by atoms with van der Waals surface area (Å²) in [5.41, 5.74) is 0.808. The third-order valence-electron chi connectivity index (χ3n) is 3.05.